The topological polar surface area (TPSA) is 28.7 Å². The van der Waals surface area contributed by atoms with Crippen molar-refractivity contribution in [2.45, 2.75) is 19.3 Å². The van der Waals surface area contributed by atoms with Gasteiger partial charge in [-0.2, -0.15) is 0 Å². The first kappa shape index (κ1) is 6.23. The van der Waals surface area contributed by atoms with Crippen molar-refractivity contribution >= 4 is 0 Å². The lowest BCUT2D eigenvalue weighted by Gasteiger charge is -2.03. The van der Waals surface area contributed by atoms with Gasteiger partial charge < -0.3 is 4.98 Å². The number of hydrogen-bond donors (Lipinski definition) is 1. The Kier molecular flexibility index (Phi) is 1.09. The normalized spacial score (nSPS) is 15.3. The molecule has 0 saturated carbocycles. The Morgan fingerprint density at radius 3 is 3.25 bits per heavy atom. The summed E-state index contributed by atoms with van der Waals surface area (Å²) in [6.45, 7) is 0. The molecular formula is C10H10N2. The second-order valence-corrected chi connectivity index (χ2v) is 3.34. The van der Waals surface area contributed by atoms with Crippen LogP contribution in [0.4, 0.5) is 0 Å². The van der Waals surface area contributed by atoms with Gasteiger partial charge in [0.2, 0.25) is 0 Å². The van der Waals surface area contributed by atoms with Gasteiger partial charge in [0.1, 0.15) is 0 Å². The number of aryl methyl sites for hydroxylation is 2. The minimum absolute atomic E-state index is 1.11. The van der Waals surface area contributed by atoms with Crippen LogP contribution in [0.25, 0.3) is 11.4 Å². The molecule has 0 aromatic carbocycles. The van der Waals surface area contributed by atoms with E-state index in [9.17, 15) is 0 Å². The molecule has 0 spiro atoms. The summed E-state index contributed by atoms with van der Waals surface area (Å²) in [5.41, 5.74) is 4.90. The number of fused-ring (bicyclic) bond motifs is 2. The van der Waals surface area contributed by atoms with Gasteiger partial charge in [0.25, 0.3) is 0 Å². The van der Waals surface area contributed by atoms with Crippen molar-refractivity contribution in [3.8, 4) is 11.4 Å². The summed E-state index contributed by atoms with van der Waals surface area (Å²) < 4.78 is 0. The van der Waals surface area contributed by atoms with E-state index >= 15 is 0 Å². The Bertz CT molecular complexity index is 354. The second kappa shape index (κ2) is 2.09. The van der Waals surface area contributed by atoms with E-state index in [-0.39, 0.29) is 0 Å². The third-order valence-corrected chi connectivity index (χ3v) is 2.52. The van der Waals surface area contributed by atoms with Gasteiger partial charge in [-0.25, -0.2) is 4.98 Å². The summed E-state index contributed by atoms with van der Waals surface area (Å²) in [6, 6.07) is 6.19. The summed E-state index contributed by atoms with van der Waals surface area (Å²) in [7, 11) is 0. The predicted molar refractivity (Wildman–Crippen MR) is 47.2 cm³/mol. The summed E-state index contributed by atoms with van der Waals surface area (Å²) in [6.07, 6.45) is 3.57. The molecule has 0 amide bonds. The van der Waals surface area contributed by atoms with Crippen molar-refractivity contribution < 1.29 is 0 Å². The highest BCUT2D eigenvalue weighted by Gasteiger charge is 2.15. The summed E-state index contributed by atoms with van der Waals surface area (Å²) in [5.74, 6) is 0. The zero-order valence-electron chi connectivity index (χ0n) is 6.80. The van der Waals surface area contributed by atoms with E-state index in [1.165, 1.54) is 29.9 Å². The zero-order chi connectivity index (χ0) is 7.97. The van der Waals surface area contributed by atoms with Gasteiger partial charge in [-0.15, -0.1) is 0 Å². The van der Waals surface area contributed by atoms with Gasteiger partial charge in [0, 0.05) is 5.69 Å². The fourth-order valence-corrected chi connectivity index (χ4v) is 1.91. The molecule has 0 bridgehead atoms. The fraction of sp³-hybridized carbons (Fsp3) is 0.300. The van der Waals surface area contributed by atoms with E-state index in [1.54, 1.807) is 0 Å². The fourth-order valence-electron chi connectivity index (χ4n) is 1.91. The van der Waals surface area contributed by atoms with Gasteiger partial charge in [-0.3, -0.25) is 0 Å². The molecule has 1 heterocycles. The molecular weight excluding hydrogens is 148 g/mol. The van der Waals surface area contributed by atoms with E-state index < -0.39 is 0 Å². The van der Waals surface area contributed by atoms with Crippen LogP contribution in [0.2, 0.25) is 0 Å². The molecule has 3 aliphatic rings. The Hall–Kier alpha value is -1.31. The van der Waals surface area contributed by atoms with Gasteiger partial charge in [0.15, 0.2) is 0 Å². The Morgan fingerprint density at radius 2 is 2.25 bits per heavy atom. The van der Waals surface area contributed by atoms with Crippen LogP contribution in [0, 0.1) is 0 Å². The highest BCUT2D eigenvalue weighted by Crippen LogP contribution is 2.25. The highest BCUT2D eigenvalue weighted by atomic mass is 14.9. The molecule has 0 radical (unpaired) electrons. The van der Waals surface area contributed by atoms with Crippen molar-refractivity contribution in [1.82, 2.24) is 9.97 Å². The zero-order valence-corrected chi connectivity index (χ0v) is 6.80. The molecule has 0 saturated heterocycles. The first-order valence-corrected chi connectivity index (χ1v) is 4.40. The molecule has 2 heteroatoms. The summed E-state index contributed by atoms with van der Waals surface area (Å²) >= 11 is 0. The van der Waals surface area contributed by atoms with Crippen LogP contribution >= 0.6 is 0 Å². The SMILES string of the molecule is c1cc2nc3c([nH]c-2c1)CCC3. The lowest BCUT2D eigenvalue weighted by atomic mass is 10.3. The van der Waals surface area contributed by atoms with Crippen LogP contribution in [0.3, 0.4) is 0 Å². The lowest BCUT2D eigenvalue weighted by molar-refractivity contribution is 0.894. The average molecular weight is 158 g/mol. The maximum absolute atomic E-state index is 4.58. The van der Waals surface area contributed by atoms with Gasteiger partial charge >= 0.3 is 0 Å². The molecule has 1 N–H and O–H groups in total. The number of nitrogens with one attached hydrogen (secondary N) is 1. The monoisotopic (exact) mass is 158 g/mol. The van der Waals surface area contributed by atoms with E-state index in [1.807, 2.05) is 6.07 Å². The number of aromatic amines is 1. The molecule has 0 atom stereocenters. The van der Waals surface area contributed by atoms with Crippen molar-refractivity contribution in [2.75, 3.05) is 0 Å². The molecule has 2 aliphatic carbocycles. The second-order valence-electron chi connectivity index (χ2n) is 3.34. The van der Waals surface area contributed by atoms with Crippen molar-refractivity contribution in [3.05, 3.63) is 29.6 Å². The van der Waals surface area contributed by atoms with Gasteiger partial charge in [-0.05, 0) is 31.4 Å². The smallest absolute Gasteiger partial charge is 0.0868 e. The van der Waals surface area contributed by atoms with Gasteiger partial charge in [-0.1, -0.05) is 6.07 Å². The van der Waals surface area contributed by atoms with Crippen LogP contribution in [-0.4, -0.2) is 9.97 Å². The Balaban J connectivity index is 2.33. The van der Waals surface area contributed by atoms with Crippen LogP contribution in [0.1, 0.15) is 17.8 Å². The molecule has 60 valence electrons. The summed E-state index contributed by atoms with van der Waals surface area (Å²) in [4.78, 5) is 8.01. The Labute approximate surface area is 71.0 Å². The minimum atomic E-state index is 1.11. The van der Waals surface area contributed by atoms with E-state index in [0.29, 0.717) is 0 Å². The first-order chi connectivity index (χ1) is 5.93. The highest BCUT2D eigenvalue weighted by molar-refractivity contribution is 5.58. The number of aromatic nitrogens is 2. The number of nitrogens with zero attached hydrogens (tertiary/aromatic N) is 1. The summed E-state index contributed by atoms with van der Waals surface area (Å²) in [5, 5.41) is 0. The lowest BCUT2D eigenvalue weighted by Crippen LogP contribution is -1.95. The third kappa shape index (κ3) is 0.721. The third-order valence-electron chi connectivity index (χ3n) is 2.52. The number of rotatable bonds is 0. The molecule has 12 heavy (non-hydrogen) atoms. The Morgan fingerprint density at radius 1 is 1.25 bits per heavy atom. The molecule has 1 aliphatic heterocycles. The van der Waals surface area contributed by atoms with Crippen LogP contribution in [0.15, 0.2) is 18.2 Å². The number of hydrogen-bond acceptors (Lipinski definition) is 1. The van der Waals surface area contributed by atoms with Crippen molar-refractivity contribution in [3.63, 3.8) is 0 Å². The number of H-pyrrole nitrogens is 1. The molecule has 0 aromatic rings. The van der Waals surface area contributed by atoms with Crippen molar-refractivity contribution in [1.29, 1.82) is 0 Å². The van der Waals surface area contributed by atoms with Crippen LogP contribution in [0.5, 0.6) is 0 Å². The molecule has 0 unspecified atom stereocenters. The van der Waals surface area contributed by atoms with E-state index in [4.69, 9.17) is 0 Å². The largest absolute Gasteiger partial charge is 0.356 e. The average Bonchev–Trinajstić information content (AvgIpc) is 2.64. The van der Waals surface area contributed by atoms with Crippen LogP contribution < -0.4 is 0 Å². The van der Waals surface area contributed by atoms with Gasteiger partial charge in [0.05, 0.1) is 17.1 Å². The quantitative estimate of drug-likeness (QED) is 0.624. The molecule has 0 fully saturated rings. The van der Waals surface area contributed by atoms with E-state index in [2.05, 4.69) is 22.1 Å². The maximum Gasteiger partial charge on any atom is 0.0868 e. The first-order valence-electron chi connectivity index (χ1n) is 4.40. The van der Waals surface area contributed by atoms with E-state index in [0.717, 1.165) is 12.1 Å². The standard InChI is InChI=1S/C10H10N2/c1-3-7-8(4-1)12-10-6-2-5-9(10)11-7/h1,3-4,11H,2,5-6H2. The molecule has 2 nitrogen and oxygen atoms in total. The van der Waals surface area contributed by atoms with Crippen molar-refractivity contribution in [2.24, 2.45) is 0 Å². The minimum Gasteiger partial charge on any atom is -0.356 e. The van der Waals surface area contributed by atoms with Crippen LogP contribution in [-0.2, 0) is 12.8 Å². The predicted octanol–water partition coefficient (Wildman–Crippen LogP) is 2.00. The molecule has 0 aromatic heterocycles. The molecule has 3 rings (SSSR count). The maximum atomic E-state index is 4.58.